The highest BCUT2D eigenvalue weighted by Crippen LogP contribution is 2.34. The summed E-state index contributed by atoms with van der Waals surface area (Å²) < 4.78 is 10.4. The van der Waals surface area contributed by atoms with Gasteiger partial charge in [-0.3, -0.25) is 24.6 Å². The van der Waals surface area contributed by atoms with Crippen LogP contribution in [0, 0.1) is 10.1 Å². The molecule has 4 aromatic rings. The maximum atomic E-state index is 13.6. The van der Waals surface area contributed by atoms with Crippen molar-refractivity contribution >= 4 is 56.7 Å². The van der Waals surface area contributed by atoms with Gasteiger partial charge in [-0.05, 0) is 42.3 Å². The number of hydrogen-bond donors (Lipinski definition) is 2. The first-order chi connectivity index (χ1) is 19.9. The molecule has 1 aromatic heterocycles. The number of nitro groups is 1. The van der Waals surface area contributed by atoms with Crippen molar-refractivity contribution in [1.82, 2.24) is 9.88 Å². The fraction of sp³-hybridized carbons (Fsp3) is 0.207. The van der Waals surface area contributed by atoms with E-state index in [-0.39, 0.29) is 23.7 Å². The minimum atomic E-state index is -0.750. The Kier molecular flexibility index (Phi) is 8.20. The van der Waals surface area contributed by atoms with Crippen LogP contribution in [0.1, 0.15) is 12.0 Å². The number of aromatic amines is 1. The summed E-state index contributed by atoms with van der Waals surface area (Å²) in [4.78, 5) is 47.1. The third kappa shape index (κ3) is 6.17. The molecule has 210 valence electrons. The van der Waals surface area contributed by atoms with E-state index in [0.29, 0.717) is 35.3 Å². The number of nitro benzene ring substituents is 1. The molecule has 2 N–H and O–H groups in total. The molecular formula is C29H27N5O6S. The van der Waals surface area contributed by atoms with Gasteiger partial charge in [0.25, 0.3) is 5.69 Å². The number of methoxy groups -OCH3 is 2. The molecule has 0 radical (unpaired) electrons. The number of benzene rings is 3. The number of ether oxygens (including phenoxy) is 2. The summed E-state index contributed by atoms with van der Waals surface area (Å²) in [6.07, 6.45) is 2.32. The van der Waals surface area contributed by atoms with Crippen molar-refractivity contribution in [2.24, 2.45) is 4.99 Å². The Hall–Kier alpha value is -4.84. The van der Waals surface area contributed by atoms with Gasteiger partial charge in [0.05, 0.1) is 30.9 Å². The number of aromatic nitrogens is 1. The van der Waals surface area contributed by atoms with Gasteiger partial charge >= 0.3 is 0 Å². The molecule has 3 aromatic carbocycles. The number of thioether (sulfide) groups is 1. The zero-order valence-electron chi connectivity index (χ0n) is 22.3. The van der Waals surface area contributed by atoms with Crippen LogP contribution < -0.4 is 14.8 Å². The normalized spacial score (nSPS) is 15.9. The molecule has 11 nitrogen and oxygen atoms in total. The Balaban J connectivity index is 1.37. The van der Waals surface area contributed by atoms with Crippen LogP contribution in [-0.2, 0) is 16.0 Å². The lowest BCUT2D eigenvalue weighted by atomic mass is 10.1. The fourth-order valence-electron chi connectivity index (χ4n) is 4.56. The van der Waals surface area contributed by atoms with Crippen LogP contribution in [0.15, 0.2) is 77.9 Å². The average Bonchev–Trinajstić information content (AvgIpc) is 3.52. The van der Waals surface area contributed by atoms with E-state index >= 15 is 0 Å². The van der Waals surface area contributed by atoms with Gasteiger partial charge in [0.1, 0.15) is 22.4 Å². The summed E-state index contributed by atoms with van der Waals surface area (Å²) in [7, 11) is 2.96. The SMILES string of the molecule is COc1cccc(N=C2SC(CC(=O)Nc3ccc(OC)cc3[N+](=O)[O-])C(=O)N2CCc2c[nH]c3ccccc23)c1. The lowest BCUT2D eigenvalue weighted by Gasteiger charge is -2.16. The van der Waals surface area contributed by atoms with Gasteiger partial charge in [-0.2, -0.15) is 0 Å². The highest BCUT2D eigenvalue weighted by Gasteiger charge is 2.39. The van der Waals surface area contributed by atoms with Crippen molar-refractivity contribution in [1.29, 1.82) is 0 Å². The van der Waals surface area contributed by atoms with Gasteiger partial charge in [-0.1, -0.05) is 36.0 Å². The summed E-state index contributed by atoms with van der Waals surface area (Å²) in [5, 5.41) is 14.9. The predicted octanol–water partition coefficient (Wildman–Crippen LogP) is 5.30. The first-order valence-corrected chi connectivity index (χ1v) is 13.6. The molecule has 1 aliphatic rings. The van der Waals surface area contributed by atoms with Crippen molar-refractivity contribution in [3.05, 3.63) is 88.6 Å². The number of carbonyl (C=O) groups is 2. The van der Waals surface area contributed by atoms with Gasteiger partial charge < -0.3 is 19.8 Å². The number of fused-ring (bicyclic) bond motifs is 1. The first kappa shape index (κ1) is 27.7. The number of carbonyl (C=O) groups excluding carboxylic acids is 2. The lowest BCUT2D eigenvalue weighted by molar-refractivity contribution is -0.384. The Morgan fingerprint density at radius 2 is 1.88 bits per heavy atom. The number of rotatable bonds is 10. The molecule has 1 fully saturated rings. The number of nitrogens with zero attached hydrogens (tertiary/aromatic N) is 3. The van der Waals surface area contributed by atoms with Gasteiger partial charge in [-0.15, -0.1) is 0 Å². The van der Waals surface area contributed by atoms with Crippen LogP contribution in [-0.4, -0.2) is 57.8 Å². The molecule has 1 saturated heterocycles. The summed E-state index contributed by atoms with van der Waals surface area (Å²) in [6, 6.07) is 19.3. The zero-order valence-corrected chi connectivity index (χ0v) is 23.1. The first-order valence-electron chi connectivity index (χ1n) is 12.7. The van der Waals surface area contributed by atoms with E-state index < -0.39 is 16.1 Å². The summed E-state index contributed by atoms with van der Waals surface area (Å²) in [5.41, 5.74) is 2.40. The number of amidine groups is 1. The summed E-state index contributed by atoms with van der Waals surface area (Å²) in [5.74, 6) is 0.142. The van der Waals surface area contributed by atoms with Crippen molar-refractivity contribution in [3.8, 4) is 11.5 Å². The molecule has 12 heteroatoms. The number of H-pyrrole nitrogens is 1. The van der Waals surface area contributed by atoms with Crippen molar-refractivity contribution in [2.45, 2.75) is 18.1 Å². The van der Waals surface area contributed by atoms with Gasteiger partial charge in [0.15, 0.2) is 5.17 Å². The third-order valence-electron chi connectivity index (χ3n) is 6.62. The second-order valence-electron chi connectivity index (χ2n) is 9.19. The molecule has 41 heavy (non-hydrogen) atoms. The number of hydrogen-bond acceptors (Lipinski definition) is 8. The van der Waals surface area contributed by atoms with E-state index in [0.717, 1.165) is 16.5 Å². The van der Waals surface area contributed by atoms with E-state index in [2.05, 4.69) is 10.3 Å². The molecule has 2 amide bonds. The Morgan fingerprint density at radius 3 is 2.66 bits per heavy atom. The molecule has 5 rings (SSSR count). The van der Waals surface area contributed by atoms with Gasteiger partial charge in [0.2, 0.25) is 11.8 Å². The van der Waals surface area contributed by atoms with E-state index in [9.17, 15) is 19.7 Å². The maximum absolute atomic E-state index is 13.6. The van der Waals surface area contributed by atoms with Crippen LogP contribution >= 0.6 is 11.8 Å². The monoisotopic (exact) mass is 573 g/mol. The van der Waals surface area contributed by atoms with E-state index in [1.165, 1.54) is 37.1 Å². The molecular weight excluding hydrogens is 546 g/mol. The number of nitrogens with one attached hydrogen (secondary N) is 2. The summed E-state index contributed by atoms with van der Waals surface area (Å²) in [6.45, 7) is 0.360. The largest absolute Gasteiger partial charge is 0.497 e. The molecule has 2 heterocycles. The highest BCUT2D eigenvalue weighted by molar-refractivity contribution is 8.15. The second-order valence-corrected chi connectivity index (χ2v) is 10.4. The van der Waals surface area contributed by atoms with Crippen molar-refractivity contribution in [2.75, 3.05) is 26.1 Å². The Labute approximate surface area is 239 Å². The standard InChI is InChI=1S/C29H27N5O6S/c1-39-20-7-5-6-19(14-20)31-29-33(13-12-18-17-30-23-9-4-3-8-22(18)23)28(36)26(41-29)16-27(35)32-24-11-10-21(40-2)15-25(24)34(37)38/h3-11,14-15,17,26,30H,12-13,16H2,1-2H3,(H,32,35). The number of anilines is 1. The molecule has 0 bridgehead atoms. The molecule has 1 atom stereocenters. The quantitative estimate of drug-likeness (QED) is 0.194. The predicted molar refractivity (Wildman–Crippen MR) is 158 cm³/mol. The summed E-state index contributed by atoms with van der Waals surface area (Å²) >= 11 is 1.19. The topological polar surface area (TPSA) is 139 Å². The van der Waals surface area contributed by atoms with E-state index in [4.69, 9.17) is 14.5 Å². The van der Waals surface area contributed by atoms with E-state index in [1.54, 1.807) is 30.2 Å². The Bertz CT molecular complexity index is 1650. The molecule has 0 spiro atoms. The maximum Gasteiger partial charge on any atom is 0.296 e. The number of amides is 2. The highest BCUT2D eigenvalue weighted by atomic mass is 32.2. The molecule has 1 aliphatic heterocycles. The second kappa shape index (κ2) is 12.1. The van der Waals surface area contributed by atoms with Crippen LogP contribution in [0.5, 0.6) is 11.5 Å². The van der Waals surface area contributed by atoms with Crippen LogP contribution in [0.3, 0.4) is 0 Å². The third-order valence-corrected chi connectivity index (χ3v) is 7.80. The van der Waals surface area contributed by atoms with Crippen molar-refractivity contribution < 1.29 is 24.0 Å². The smallest absolute Gasteiger partial charge is 0.296 e. The fourth-order valence-corrected chi connectivity index (χ4v) is 5.74. The Morgan fingerprint density at radius 1 is 1.10 bits per heavy atom. The minimum Gasteiger partial charge on any atom is -0.497 e. The number of para-hydroxylation sites is 1. The number of aliphatic imine (C=N–C) groups is 1. The van der Waals surface area contributed by atoms with Crippen LogP contribution in [0.2, 0.25) is 0 Å². The molecule has 0 aliphatic carbocycles. The average molecular weight is 574 g/mol. The van der Waals surface area contributed by atoms with Gasteiger partial charge in [0, 0.05) is 36.1 Å². The van der Waals surface area contributed by atoms with E-state index in [1.807, 2.05) is 36.5 Å². The minimum absolute atomic E-state index is 0.0257. The van der Waals surface area contributed by atoms with Crippen LogP contribution in [0.4, 0.5) is 17.1 Å². The molecule has 1 unspecified atom stereocenters. The van der Waals surface area contributed by atoms with Crippen molar-refractivity contribution in [3.63, 3.8) is 0 Å². The zero-order chi connectivity index (χ0) is 28.9. The lowest BCUT2D eigenvalue weighted by Crippen LogP contribution is -2.35. The van der Waals surface area contributed by atoms with Crippen LogP contribution in [0.25, 0.3) is 10.9 Å². The van der Waals surface area contributed by atoms with Gasteiger partial charge in [-0.25, -0.2) is 4.99 Å². The molecule has 0 saturated carbocycles.